The second-order valence-electron chi connectivity index (χ2n) is 3.22. The second-order valence-corrected chi connectivity index (χ2v) is 4.97. The van der Waals surface area contributed by atoms with Crippen molar-refractivity contribution in [3.05, 3.63) is 23.8 Å². The van der Waals surface area contributed by atoms with Crippen molar-refractivity contribution in [1.29, 1.82) is 0 Å². The Morgan fingerprint density at radius 2 is 1.94 bits per heavy atom. The van der Waals surface area contributed by atoms with Gasteiger partial charge in [-0.05, 0) is 12.1 Å². The number of phenolic OH excluding ortho intramolecular Hbond substituents is 1. The van der Waals surface area contributed by atoms with Crippen molar-refractivity contribution in [3.8, 4) is 5.75 Å². The maximum absolute atomic E-state index is 11.3. The maximum Gasteiger partial charge on any atom is 0.251 e. The molecular formula is C9H12N2O4S. The number of hydrogen-bond donors (Lipinski definition) is 3. The topological polar surface area (TPSA) is 95.5 Å². The van der Waals surface area contributed by atoms with Gasteiger partial charge in [0.05, 0.1) is 11.9 Å². The minimum absolute atomic E-state index is 0.140. The largest absolute Gasteiger partial charge is 0.508 e. The second kappa shape index (κ2) is 4.40. The van der Waals surface area contributed by atoms with Crippen LogP contribution < -0.4 is 10.0 Å². The molecule has 0 aliphatic carbocycles. The molecule has 0 radical (unpaired) electrons. The summed E-state index contributed by atoms with van der Waals surface area (Å²) < 4.78 is 24.1. The average molecular weight is 244 g/mol. The molecule has 1 amide bonds. The van der Waals surface area contributed by atoms with Crippen LogP contribution in [0.3, 0.4) is 0 Å². The highest BCUT2D eigenvalue weighted by Gasteiger charge is 2.09. The minimum Gasteiger partial charge on any atom is -0.508 e. The third-order valence-corrected chi connectivity index (χ3v) is 2.32. The van der Waals surface area contributed by atoms with Crippen molar-refractivity contribution in [2.45, 2.75) is 0 Å². The van der Waals surface area contributed by atoms with Crippen molar-refractivity contribution in [1.82, 2.24) is 5.32 Å². The van der Waals surface area contributed by atoms with Crippen LogP contribution in [0.5, 0.6) is 5.75 Å². The summed E-state index contributed by atoms with van der Waals surface area (Å²) in [7, 11) is -2.00. The molecule has 0 bridgehead atoms. The first kappa shape index (κ1) is 12.3. The zero-order chi connectivity index (χ0) is 12.3. The van der Waals surface area contributed by atoms with Gasteiger partial charge in [-0.25, -0.2) is 8.42 Å². The van der Waals surface area contributed by atoms with Crippen LogP contribution in [0.4, 0.5) is 5.69 Å². The van der Waals surface area contributed by atoms with Crippen LogP contribution in [0.1, 0.15) is 10.4 Å². The summed E-state index contributed by atoms with van der Waals surface area (Å²) in [5.74, 6) is -0.597. The number of nitrogens with one attached hydrogen (secondary N) is 2. The molecule has 0 aliphatic rings. The number of anilines is 1. The molecule has 0 saturated heterocycles. The highest BCUT2D eigenvalue weighted by Crippen LogP contribution is 2.20. The molecule has 1 rings (SSSR count). The molecule has 0 aromatic heterocycles. The number of sulfonamides is 1. The van der Waals surface area contributed by atoms with Crippen LogP contribution in [0.2, 0.25) is 0 Å². The maximum atomic E-state index is 11.3. The predicted molar refractivity (Wildman–Crippen MR) is 60.0 cm³/mol. The SMILES string of the molecule is CNC(=O)c1cc(O)cc(NS(C)(=O)=O)c1. The highest BCUT2D eigenvalue weighted by molar-refractivity contribution is 7.92. The molecule has 16 heavy (non-hydrogen) atoms. The van der Waals surface area contributed by atoms with E-state index >= 15 is 0 Å². The van der Waals surface area contributed by atoms with Gasteiger partial charge in [0.25, 0.3) is 5.91 Å². The fourth-order valence-corrected chi connectivity index (χ4v) is 1.71. The van der Waals surface area contributed by atoms with Crippen molar-refractivity contribution >= 4 is 21.6 Å². The van der Waals surface area contributed by atoms with E-state index in [1.807, 2.05) is 0 Å². The summed E-state index contributed by atoms with van der Waals surface area (Å²) in [6.07, 6.45) is 0.983. The number of carbonyl (C=O) groups excluding carboxylic acids is 1. The Bertz CT molecular complexity index is 510. The molecule has 0 fully saturated rings. The van der Waals surface area contributed by atoms with E-state index in [4.69, 9.17) is 0 Å². The zero-order valence-electron chi connectivity index (χ0n) is 8.81. The Morgan fingerprint density at radius 1 is 1.31 bits per heavy atom. The molecule has 0 saturated carbocycles. The van der Waals surface area contributed by atoms with E-state index in [9.17, 15) is 18.3 Å². The van der Waals surface area contributed by atoms with Gasteiger partial charge in [0.1, 0.15) is 5.75 Å². The number of phenols is 1. The number of rotatable bonds is 3. The summed E-state index contributed by atoms with van der Waals surface area (Å²) in [5, 5.41) is 11.7. The van der Waals surface area contributed by atoms with Gasteiger partial charge in [0.2, 0.25) is 10.0 Å². The molecular weight excluding hydrogens is 232 g/mol. The summed E-state index contributed by atoms with van der Waals surface area (Å²) >= 11 is 0. The van der Waals surface area contributed by atoms with Crippen LogP contribution in [0, 0.1) is 0 Å². The number of amides is 1. The Labute approximate surface area is 93.3 Å². The summed E-state index contributed by atoms with van der Waals surface area (Å²) in [4.78, 5) is 11.3. The van der Waals surface area contributed by atoms with Gasteiger partial charge in [-0.2, -0.15) is 0 Å². The van der Waals surface area contributed by atoms with Gasteiger partial charge >= 0.3 is 0 Å². The lowest BCUT2D eigenvalue weighted by Crippen LogP contribution is -2.18. The fourth-order valence-electron chi connectivity index (χ4n) is 1.16. The molecule has 0 unspecified atom stereocenters. The first-order chi connectivity index (χ1) is 7.31. The van der Waals surface area contributed by atoms with E-state index in [0.717, 1.165) is 6.26 Å². The van der Waals surface area contributed by atoms with Crippen LogP contribution in [-0.4, -0.2) is 32.7 Å². The Kier molecular flexibility index (Phi) is 3.38. The molecule has 7 heteroatoms. The first-order valence-electron chi connectivity index (χ1n) is 4.36. The monoisotopic (exact) mass is 244 g/mol. The van der Waals surface area contributed by atoms with Gasteiger partial charge in [-0.3, -0.25) is 9.52 Å². The Hall–Kier alpha value is -1.76. The zero-order valence-corrected chi connectivity index (χ0v) is 9.63. The lowest BCUT2D eigenvalue weighted by molar-refractivity contribution is 0.0962. The van der Waals surface area contributed by atoms with Crippen molar-refractivity contribution < 1.29 is 18.3 Å². The van der Waals surface area contributed by atoms with Gasteiger partial charge in [0, 0.05) is 18.7 Å². The Balaban J connectivity index is 3.13. The quantitative estimate of drug-likeness (QED) is 0.704. The van der Waals surface area contributed by atoms with Gasteiger partial charge in [-0.1, -0.05) is 0 Å². The summed E-state index contributed by atoms with van der Waals surface area (Å²) in [6.45, 7) is 0. The number of hydrogen-bond acceptors (Lipinski definition) is 4. The van der Waals surface area contributed by atoms with Gasteiger partial charge in [0.15, 0.2) is 0 Å². The van der Waals surface area contributed by atoms with Crippen molar-refractivity contribution in [3.63, 3.8) is 0 Å². The van der Waals surface area contributed by atoms with Crippen LogP contribution in [-0.2, 0) is 10.0 Å². The third-order valence-electron chi connectivity index (χ3n) is 1.71. The van der Waals surface area contributed by atoms with Gasteiger partial charge < -0.3 is 10.4 Å². The molecule has 6 nitrogen and oxygen atoms in total. The molecule has 1 aromatic rings. The van der Waals surface area contributed by atoms with E-state index in [2.05, 4.69) is 10.0 Å². The molecule has 0 heterocycles. The molecule has 1 aromatic carbocycles. The van der Waals surface area contributed by atoms with E-state index in [0.29, 0.717) is 0 Å². The molecule has 0 aliphatic heterocycles. The van der Waals surface area contributed by atoms with E-state index < -0.39 is 15.9 Å². The number of carbonyl (C=O) groups is 1. The lowest BCUT2D eigenvalue weighted by atomic mass is 10.2. The first-order valence-corrected chi connectivity index (χ1v) is 6.25. The fraction of sp³-hybridized carbons (Fsp3) is 0.222. The molecule has 88 valence electrons. The summed E-state index contributed by atoms with van der Waals surface area (Å²) in [6, 6.07) is 3.79. The lowest BCUT2D eigenvalue weighted by Gasteiger charge is -2.07. The number of benzene rings is 1. The molecule has 0 atom stereocenters. The number of aromatic hydroxyl groups is 1. The Morgan fingerprint density at radius 3 is 2.44 bits per heavy atom. The highest BCUT2D eigenvalue weighted by atomic mass is 32.2. The molecule has 3 N–H and O–H groups in total. The van der Waals surface area contributed by atoms with E-state index in [1.54, 1.807) is 0 Å². The minimum atomic E-state index is -3.44. The molecule has 0 spiro atoms. The normalized spacial score (nSPS) is 10.9. The van der Waals surface area contributed by atoms with Crippen molar-refractivity contribution in [2.24, 2.45) is 0 Å². The summed E-state index contributed by atoms with van der Waals surface area (Å²) in [5.41, 5.74) is 0.315. The standard InChI is InChI=1S/C9H12N2O4S/c1-10-9(13)6-3-7(5-8(12)4-6)11-16(2,14)15/h3-5,11-12H,1-2H3,(H,10,13). The average Bonchev–Trinajstić information content (AvgIpc) is 2.12. The predicted octanol–water partition coefficient (Wildman–Crippen LogP) is 0.123. The van der Waals surface area contributed by atoms with Crippen molar-refractivity contribution in [2.75, 3.05) is 18.0 Å². The smallest absolute Gasteiger partial charge is 0.251 e. The van der Waals surface area contributed by atoms with E-state index in [-0.39, 0.29) is 17.0 Å². The van der Waals surface area contributed by atoms with E-state index in [1.165, 1.54) is 25.2 Å². The van der Waals surface area contributed by atoms with Crippen LogP contribution >= 0.6 is 0 Å². The van der Waals surface area contributed by atoms with Gasteiger partial charge in [-0.15, -0.1) is 0 Å². The third kappa shape index (κ3) is 3.43. The van der Waals surface area contributed by atoms with Crippen LogP contribution in [0.15, 0.2) is 18.2 Å². The van der Waals surface area contributed by atoms with Crippen LogP contribution in [0.25, 0.3) is 0 Å².